The minimum Gasteiger partial charge on any atom is -0.480 e. The van der Waals surface area contributed by atoms with Crippen molar-refractivity contribution in [3.63, 3.8) is 0 Å². The average molecular weight is 234 g/mol. The van der Waals surface area contributed by atoms with Crippen molar-refractivity contribution in [1.29, 1.82) is 0 Å². The van der Waals surface area contributed by atoms with Crippen LogP contribution < -0.4 is 5.32 Å². The highest BCUT2D eigenvalue weighted by Gasteiger charge is 2.18. The molecule has 0 aliphatic carbocycles. The first kappa shape index (κ1) is 14.7. The number of carbonyl (C=O) groups is 2. The van der Waals surface area contributed by atoms with Crippen LogP contribution >= 0.6 is 0 Å². The second kappa shape index (κ2) is 7.89. The molecule has 94 valence electrons. The Balaban J connectivity index is 4.20. The highest BCUT2D eigenvalue weighted by molar-refractivity contribution is 5.82. The van der Waals surface area contributed by atoms with Crippen LogP contribution in [0.25, 0.3) is 0 Å². The van der Waals surface area contributed by atoms with Crippen LogP contribution in [0.3, 0.4) is 0 Å². The maximum atomic E-state index is 11.5. The number of hydrogen-bond acceptors (Lipinski definition) is 4. The molecular weight excluding hydrogens is 216 g/mol. The van der Waals surface area contributed by atoms with Gasteiger partial charge in [-0.05, 0) is 6.92 Å². The third-order valence-corrected chi connectivity index (χ3v) is 1.93. The van der Waals surface area contributed by atoms with E-state index in [-0.39, 0.29) is 13.2 Å². The Morgan fingerprint density at radius 2 is 2.06 bits per heavy atom. The number of ether oxygens (including phenoxy) is 1. The van der Waals surface area contributed by atoms with Gasteiger partial charge in [-0.3, -0.25) is 4.79 Å². The Morgan fingerprint density at radius 1 is 1.44 bits per heavy atom. The third-order valence-electron chi connectivity index (χ3n) is 1.93. The lowest BCUT2D eigenvalue weighted by Gasteiger charge is -2.23. The standard InChI is InChI=1S/C9H18N2O5/c1-7(8(13)14)10-9(15)11(3-5-12)4-6-16-2/h7,12H,3-6H2,1-2H3,(H,10,15)(H,13,14)/t7-/m0/s1. The predicted molar refractivity (Wildman–Crippen MR) is 56.2 cm³/mol. The molecule has 0 aromatic rings. The average Bonchev–Trinajstić information content (AvgIpc) is 2.23. The summed E-state index contributed by atoms with van der Waals surface area (Å²) in [5, 5.41) is 19.7. The SMILES string of the molecule is COCCN(CCO)C(=O)N[C@@H](C)C(=O)O. The summed E-state index contributed by atoms with van der Waals surface area (Å²) in [6.45, 7) is 1.96. The maximum Gasteiger partial charge on any atom is 0.325 e. The van der Waals surface area contributed by atoms with Gasteiger partial charge in [0.1, 0.15) is 6.04 Å². The van der Waals surface area contributed by atoms with E-state index in [4.69, 9.17) is 14.9 Å². The van der Waals surface area contributed by atoms with Crippen LogP contribution in [0.2, 0.25) is 0 Å². The minimum atomic E-state index is -1.11. The van der Waals surface area contributed by atoms with E-state index in [0.717, 1.165) is 0 Å². The number of carboxylic acid groups (broad SMARTS) is 1. The smallest absolute Gasteiger partial charge is 0.325 e. The van der Waals surface area contributed by atoms with Crippen molar-refractivity contribution in [2.24, 2.45) is 0 Å². The Labute approximate surface area is 94.0 Å². The van der Waals surface area contributed by atoms with Gasteiger partial charge in [-0.25, -0.2) is 4.79 Å². The first-order chi connectivity index (χ1) is 7.52. The second-order valence-electron chi connectivity index (χ2n) is 3.21. The molecule has 0 heterocycles. The normalized spacial score (nSPS) is 11.9. The maximum absolute atomic E-state index is 11.5. The van der Waals surface area contributed by atoms with E-state index in [1.165, 1.54) is 18.9 Å². The number of carbonyl (C=O) groups excluding carboxylic acids is 1. The molecule has 0 aromatic carbocycles. The monoisotopic (exact) mass is 234 g/mol. The first-order valence-corrected chi connectivity index (χ1v) is 4.91. The topological polar surface area (TPSA) is 99.1 Å². The molecule has 0 aliphatic heterocycles. The molecule has 2 amide bonds. The van der Waals surface area contributed by atoms with Crippen molar-refractivity contribution >= 4 is 12.0 Å². The van der Waals surface area contributed by atoms with E-state index < -0.39 is 18.0 Å². The summed E-state index contributed by atoms with van der Waals surface area (Å²) in [6.07, 6.45) is 0. The molecule has 7 heteroatoms. The van der Waals surface area contributed by atoms with Crippen molar-refractivity contribution in [2.75, 3.05) is 33.4 Å². The van der Waals surface area contributed by atoms with Crippen LogP contribution in [0.4, 0.5) is 4.79 Å². The Hall–Kier alpha value is -1.34. The number of nitrogens with one attached hydrogen (secondary N) is 1. The molecule has 0 saturated heterocycles. The lowest BCUT2D eigenvalue weighted by Crippen LogP contribution is -2.48. The Morgan fingerprint density at radius 3 is 2.50 bits per heavy atom. The zero-order valence-electron chi connectivity index (χ0n) is 9.47. The summed E-state index contributed by atoms with van der Waals surface area (Å²) < 4.78 is 4.80. The molecule has 0 rings (SSSR count). The number of carboxylic acids is 1. The summed E-state index contributed by atoms with van der Waals surface area (Å²) in [4.78, 5) is 23.4. The van der Waals surface area contributed by atoms with E-state index in [1.807, 2.05) is 0 Å². The summed E-state index contributed by atoms with van der Waals surface area (Å²) in [5.41, 5.74) is 0. The highest BCUT2D eigenvalue weighted by atomic mass is 16.5. The molecule has 0 spiro atoms. The fraction of sp³-hybridized carbons (Fsp3) is 0.778. The van der Waals surface area contributed by atoms with Gasteiger partial charge in [0.25, 0.3) is 0 Å². The molecule has 1 atom stereocenters. The Bertz CT molecular complexity index is 234. The summed E-state index contributed by atoms with van der Waals surface area (Å²) >= 11 is 0. The molecule has 0 radical (unpaired) electrons. The number of hydrogen-bond donors (Lipinski definition) is 3. The highest BCUT2D eigenvalue weighted by Crippen LogP contribution is 1.92. The molecule has 0 saturated carbocycles. The number of aliphatic carboxylic acids is 1. The number of aliphatic hydroxyl groups is 1. The van der Waals surface area contributed by atoms with Gasteiger partial charge in [-0.15, -0.1) is 0 Å². The van der Waals surface area contributed by atoms with Crippen LogP contribution in [0.5, 0.6) is 0 Å². The van der Waals surface area contributed by atoms with Crippen LogP contribution in [-0.2, 0) is 9.53 Å². The summed E-state index contributed by atoms with van der Waals surface area (Å²) in [6, 6.07) is -1.49. The number of aliphatic hydroxyl groups excluding tert-OH is 1. The number of urea groups is 1. The van der Waals surface area contributed by atoms with Crippen molar-refractivity contribution < 1.29 is 24.5 Å². The van der Waals surface area contributed by atoms with Gasteiger partial charge >= 0.3 is 12.0 Å². The molecular formula is C9H18N2O5. The molecule has 0 aliphatic rings. The van der Waals surface area contributed by atoms with Gasteiger partial charge in [0, 0.05) is 20.2 Å². The quantitative estimate of drug-likeness (QED) is 0.530. The molecule has 0 bridgehead atoms. The van der Waals surface area contributed by atoms with E-state index in [1.54, 1.807) is 0 Å². The van der Waals surface area contributed by atoms with E-state index in [0.29, 0.717) is 13.2 Å². The zero-order chi connectivity index (χ0) is 12.6. The van der Waals surface area contributed by atoms with Gasteiger partial charge < -0.3 is 25.2 Å². The van der Waals surface area contributed by atoms with E-state index in [2.05, 4.69) is 5.32 Å². The van der Waals surface area contributed by atoms with Gasteiger partial charge in [0.05, 0.1) is 13.2 Å². The van der Waals surface area contributed by atoms with Gasteiger partial charge in [0.2, 0.25) is 0 Å². The number of amides is 2. The van der Waals surface area contributed by atoms with Crippen molar-refractivity contribution in [3.8, 4) is 0 Å². The van der Waals surface area contributed by atoms with Crippen LogP contribution in [-0.4, -0.2) is 66.6 Å². The summed E-state index contributed by atoms with van der Waals surface area (Å²) in [7, 11) is 1.49. The Kier molecular flexibility index (Phi) is 7.23. The van der Waals surface area contributed by atoms with Gasteiger partial charge in [-0.1, -0.05) is 0 Å². The molecule has 3 N–H and O–H groups in total. The third kappa shape index (κ3) is 5.52. The van der Waals surface area contributed by atoms with Crippen LogP contribution in [0.1, 0.15) is 6.92 Å². The largest absolute Gasteiger partial charge is 0.480 e. The second-order valence-corrected chi connectivity index (χ2v) is 3.21. The van der Waals surface area contributed by atoms with Crippen molar-refractivity contribution in [3.05, 3.63) is 0 Å². The first-order valence-electron chi connectivity index (χ1n) is 4.91. The van der Waals surface area contributed by atoms with Crippen molar-refractivity contribution in [2.45, 2.75) is 13.0 Å². The fourth-order valence-corrected chi connectivity index (χ4v) is 0.975. The van der Waals surface area contributed by atoms with Crippen LogP contribution in [0.15, 0.2) is 0 Å². The number of methoxy groups -OCH3 is 1. The van der Waals surface area contributed by atoms with E-state index >= 15 is 0 Å². The minimum absolute atomic E-state index is 0.140. The lowest BCUT2D eigenvalue weighted by molar-refractivity contribution is -0.138. The summed E-state index contributed by atoms with van der Waals surface area (Å²) in [5.74, 6) is -1.11. The number of rotatable bonds is 7. The zero-order valence-corrected chi connectivity index (χ0v) is 9.47. The van der Waals surface area contributed by atoms with Crippen LogP contribution in [0, 0.1) is 0 Å². The van der Waals surface area contributed by atoms with Gasteiger partial charge in [0.15, 0.2) is 0 Å². The molecule has 16 heavy (non-hydrogen) atoms. The molecule has 0 aromatic heterocycles. The lowest BCUT2D eigenvalue weighted by atomic mass is 10.3. The molecule has 0 unspecified atom stereocenters. The van der Waals surface area contributed by atoms with E-state index in [9.17, 15) is 9.59 Å². The fourth-order valence-electron chi connectivity index (χ4n) is 0.975. The van der Waals surface area contributed by atoms with Crippen molar-refractivity contribution in [1.82, 2.24) is 10.2 Å². The predicted octanol–water partition coefficient (Wildman–Crippen LogP) is -0.890. The van der Waals surface area contributed by atoms with Gasteiger partial charge in [-0.2, -0.15) is 0 Å². The number of nitrogens with zero attached hydrogens (tertiary/aromatic N) is 1. The molecule has 0 fully saturated rings. The molecule has 7 nitrogen and oxygen atoms in total.